The number of hydrogen-bond acceptors (Lipinski definition) is 6. The summed E-state index contributed by atoms with van der Waals surface area (Å²) in [5.41, 5.74) is 5.81. The number of rotatable bonds is 5. The molecule has 0 aliphatic heterocycles. The molecule has 1 amide bonds. The van der Waals surface area contributed by atoms with E-state index >= 15 is 0 Å². The van der Waals surface area contributed by atoms with Gasteiger partial charge in [0.15, 0.2) is 5.03 Å². The first kappa shape index (κ1) is 18.9. The molecule has 148 valence electrons. The monoisotopic (exact) mass is 400 g/mol. The van der Waals surface area contributed by atoms with E-state index in [9.17, 15) is 13.2 Å². The van der Waals surface area contributed by atoms with Gasteiger partial charge in [0.1, 0.15) is 11.6 Å². The SMILES string of the molecule is CN(C)c1cncc(S(=O)(=O)CC(=O)Nc2c3c(cc4c2CCC4)CCC3)n1. The molecule has 0 saturated carbocycles. The van der Waals surface area contributed by atoms with E-state index < -0.39 is 21.5 Å². The van der Waals surface area contributed by atoms with E-state index in [0.717, 1.165) is 44.2 Å². The van der Waals surface area contributed by atoms with Crippen LogP contribution in [0.15, 0.2) is 23.5 Å². The van der Waals surface area contributed by atoms with Crippen LogP contribution < -0.4 is 10.2 Å². The number of carbonyl (C=O) groups is 1. The minimum Gasteiger partial charge on any atom is -0.361 e. The molecule has 2 aliphatic rings. The molecule has 28 heavy (non-hydrogen) atoms. The van der Waals surface area contributed by atoms with Gasteiger partial charge in [-0.05, 0) is 60.8 Å². The molecule has 0 bridgehead atoms. The van der Waals surface area contributed by atoms with Crippen molar-refractivity contribution in [2.75, 3.05) is 30.1 Å². The predicted octanol–water partition coefficient (Wildman–Crippen LogP) is 1.93. The smallest absolute Gasteiger partial charge is 0.240 e. The molecule has 1 heterocycles. The first-order chi connectivity index (χ1) is 13.3. The fourth-order valence-corrected chi connectivity index (χ4v) is 5.11. The number of nitrogens with zero attached hydrogens (tertiary/aromatic N) is 3. The number of benzene rings is 1. The highest BCUT2D eigenvalue weighted by atomic mass is 32.2. The zero-order valence-electron chi connectivity index (χ0n) is 16.2. The Balaban J connectivity index is 1.58. The van der Waals surface area contributed by atoms with Crippen LogP contribution in [-0.4, -0.2) is 44.1 Å². The minimum atomic E-state index is -3.88. The summed E-state index contributed by atoms with van der Waals surface area (Å²) in [7, 11) is -0.369. The molecule has 1 aromatic carbocycles. The van der Waals surface area contributed by atoms with Crippen LogP contribution in [0.25, 0.3) is 0 Å². The van der Waals surface area contributed by atoms with Crippen molar-refractivity contribution < 1.29 is 13.2 Å². The van der Waals surface area contributed by atoms with Gasteiger partial charge in [-0.15, -0.1) is 0 Å². The highest BCUT2D eigenvalue weighted by Crippen LogP contribution is 2.38. The van der Waals surface area contributed by atoms with Crippen LogP contribution >= 0.6 is 0 Å². The van der Waals surface area contributed by atoms with E-state index in [-0.39, 0.29) is 5.03 Å². The van der Waals surface area contributed by atoms with Crippen LogP contribution in [0, 0.1) is 0 Å². The molecule has 8 heteroatoms. The average molecular weight is 401 g/mol. The predicted molar refractivity (Wildman–Crippen MR) is 108 cm³/mol. The number of fused-ring (bicyclic) bond motifs is 2. The lowest BCUT2D eigenvalue weighted by atomic mass is 9.98. The highest BCUT2D eigenvalue weighted by Gasteiger charge is 2.27. The van der Waals surface area contributed by atoms with Crippen molar-refractivity contribution >= 4 is 27.2 Å². The molecule has 2 aromatic rings. The van der Waals surface area contributed by atoms with E-state index in [1.165, 1.54) is 34.6 Å². The number of sulfone groups is 1. The molecular weight excluding hydrogens is 376 g/mol. The quantitative estimate of drug-likeness (QED) is 0.825. The highest BCUT2D eigenvalue weighted by molar-refractivity contribution is 7.92. The second-order valence-electron chi connectivity index (χ2n) is 7.65. The van der Waals surface area contributed by atoms with Crippen LogP contribution in [-0.2, 0) is 40.3 Å². The fraction of sp³-hybridized carbons (Fsp3) is 0.450. The van der Waals surface area contributed by atoms with Gasteiger partial charge in [-0.25, -0.2) is 13.4 Å². The van der Waals surface area contributed by atoms with Crippen molar-refractivity contribution in [3.05, 3.63) is 40.7 Å². The van der Waals surface area contributed by atoms with Crippen molar-refractivity contribution in [2.24, 2.45) is 0 Å². The molecule has 2 aliphatic carbocycles. The maximum atomic E-state index is 12.7. The van der Waals surface area contributed by atoms with Gasteiger partial charge >= 0.3 is 0 Å². The first-order valence-corrected chi connectivity index (χ1v) is 11.2. The summed E-state index contributed by atoms with van der Waals surface area (Å²) in [4.78, 5) is 22.4. The Labute approximate surface area is 165 Å². The van der Waals surface area contributed by atoms with Crippen LogP contribution in [0.1, 0.15) is 35.1 Å². The summed E-state index contributed by atoms with van der Waals surface area (Å²) in [6.45, 7) is 0. The largest absolute Gasteiger partial charge is 0.361 e. The van der Waals surface area contributed by atoms with Crippen LogP contribution in [0.5, 0.6) is 0 Å². The fourth-order valence-electron chi connectivity index (χ4n) is 4.09. The summed E-state index contributed by atoms with van der Waals surface area (Å²) in [6, 6.07) is 2.28. The van der Waals surface area contributed by atoms with Crippen molar-refractivity contribution in [3.8, 4) is 0 Å². The van der Waals surface area contributed by atoms with Crippen molar-refractivity contribution in [2.45, 2.75) is 43.6 Å². The molecule has 4 rings (SSSR count). The molecule has 7 nitrogen and oxygen atoms in total. The molecule has 0 fully saturated rings. The third-order valence-electron chi connectivity index (χ3n) is 5.44. The van der Waals surface area contributed by atoms with E-state index in [1.54, 1.807) is 19.0 Å². The summed E-state index contributed by atoms with van der Waals surface area (Å²) in [5.74, 6) is -0.733. The number of nitrogens with one attached hydrogen (secondary N) is 1. The zero-order chi connectivity index (χ0) is 19.9. The standard InChI is InChI=1S/C20H24N4O3S/c1-24(2)17-10-21-11-19(22-17)28(26,27)12-18(25)23-20-15-7-3-5-13(15)9-14-6-4-8-16(14)20/h9-11H,3-8,12H2,1-2H3,(H,23,25). The summed E-state index contributed by atoms with van der Waals surface area (Å²) < 4.78 is 25.4. The summed E-state index contributed by atoms with van der Waals surface area (Å²) in [6.07, 6.45) is 8.73. The second-order valence-corrected chi connectivity index (χ2v) is 9.59. The first-order valence-electron chi connectivity index (χ1n) is 9.53. The topological polar surface area (TPSA) is 92.3 Å². The van der Waals surface area contributed by atoms with Gasteiger partial charge in [-0.1, -0.05) is 6.07 Å². The van der Waals surface area contributed by atoms with Gasteiger partial charge < -0.3 is 10.2 Å². The maximum Gasteiger partial charge on any atom is 0.240 e. The van der Waals surface area contributed by atoms with Gasteiger partial charge in [0.2, 0.25) is 15.7 Å². The normalized spacial score (nSPS) is 15.2. The van der Waals surface area contributed by atoms with Crippen molar-refractivity contribution in [3.63, 3.8) is 0 Å². The Morgan fingerprint density at radius 2 is 1.71 bits per heavy atom. The van der Waals surface area contributed by atoms with E-state index in [4.69, 9.17) is 0 Å². The molecule has 0 spiro atoms. The lowest BCUT2D eigenvalue weighted by Gasteiger charge is -2.16. The summed E-state index contributed by atoms with van der Waals surface area (Å²) >= 11 is 0. The Kier molecular flexibility index (Phi) is 4.82. The lowest BCUT2D eigenvalue weighted by molar-refractivity contribution is -0.113. The van der Waals surface area contributed by atoms with E-state index in [2.05, 4.69) is 21.4 Å². The van der Waals surface area contributed by atoms with E-state index in [0.29, 0.717) is 5.82 Å². The van der Waals surface area contributed by atoms with Gasteiger partial charge in [0.05, 0.1) is 12.4 Å². The van der Waals surface area contributed by atoms with Crippen LogP contribution in [0.4, 0.5) is 11.5 Å². The van der Waals surface area contributed by atoms with Crippen molar-refractivity contribution in [1.29, 1.82) is 0 Å². The third-order valence-corrected chi connectivity index (χ3v) is 6.91. The van der Waals surface area contributed by atoms with Crippen molar-refractivity contribution in [1.82, 2.24) is 9.97 Å². The van der Waals surface area contributed by atoms with E-state index in [1.807, 2.05) is 0 Å². The number of aromatic nitrogens is 2. The minimum absolute atomic E-state index is 0.183. The van der Waals surface area contributed by atoms with Gasteiger partial charge in [-0.3, -0.25) is 9.78 Å². The maximum absolute atomic E-state index is 12.7. The number of carbonyl (C=O) groups excluding carboxylic acids is 1. The van der Waals surface area contributed by atoms with Gasteiger partial charge in [-0.2, -0.15) is 0 Å². The Hall–Kier alpha value is -2.48. The van der Waals surface area contributed by atoms with Crippen LogP contribution in [0.2, 0.25) is 0 Å². The zero-order valence-corrected chi connectivity index (χ0v) is 17.0. The van der Waals surface area contributed by atoms with Gasteiger partial charge in [0.25, 0.3) is 0 Å². The number of aryl methyl sites for hydroxylation is 2. The molecule has 0 unspecified atom stereocenters. The molecule has 0 saturated heterocycles. The molecular formula is C20H24N4O3S. The number of hydrogen-bond donors (Lipinski definition) is 1. The molecule has 0 atom stereocenters. The molecule has 0 radical (unpaired) electrons. The Morgan fingerprint density at radius 3 is 2.32 bits per heavy atom. The van der Waals surface area contributed by atoms with Gasteiger partial charge in [0, 0.05) is 19.8 Å². The summed E-state index contributed by atoms with van der Waals surface area (Å²) in [5, 5.41) is 2.75. The molecule has 1 aromatic heterocycles. The third kappa shape index (κ3) is 3.48. The Morgan fingerprint density at radius 1 is 1.07 bits per heavy atom. The van der Waals surface area contributed by atoms with Crippen LogP contribution in [0.3, 0.4) is 0 Å². The average Bonchev–Trinajstić information content (AvgIpc) is 3.30. The lowest BCUT2D eigenvalue weighted by Crippen LogP contribution is -2.25. The molecule has 1 N–H and O–H groups in total. The Bertz CT molecular complexity index is 1020. The second kappa shape index (κ2) is 7.16. The number of anilines is 2. The number of amides is 1.